The van der Waals surface area contributed by atoms with E-state index in [1.54, 1.807) is 26.6 Å². The first kappa shape index (κ1) is 18.9. The summed E-state index contributed by atoms with van der Waals surface area (Å²) < 4.78 is 16.0. The maximum atomic E-state index is 12.5. The van der Waals surface area contributed by atoms with Gasteiger partial charge < -0.3 is 19.3 Å². The van der Waals surface area contributed by atoms with Crippen LogP contribution in [0.25, 0.3) is 11.4 Å². The fourth-order valence-electron chi connectivity index (χ4n) is 3.54. The Labute approximate surface area is 168 Å². The van der Waals surface area contributed by atoms with Crippen molar-refractivity contribution in [2.24, 2.45) is 0 Å². The first-order chi connectivity index (χ1) is 14.2. The second-order valence-electron chi connectivity index (χ2n) is 6.81. The minimum Gasteiger partial charge on any atom is -0.493 e. The number of aryl methyl sites for hydroxylation is 2. The Morgan fingerprint density at radius 2 is 1.97 bits per heavy atom. The van der Waals surface area contributed by atoms with E-state index in [0.717, 1.165) is 24.0 Å². The molecule has 0 saturated heterocycles. The summed E-state index contributed by atoms with van der Waals surface area (Å²) in [4.78, 5) is 20.8. The summed E-state index contributed by atoms with van der Waals surface area (Å²) in [6.45, 7) is 0. The fraction of sp³-hybridized carbons (Fsp3) is 0.333. The first-order valence-electron chi connectivity index (χ1n) is 9.45. The van der Waals surface area contributed by atoms with E-state index in [1.807, 2.05) is 24.3 Å². The number of carbonyl (C=O) groups excluding carboxylic acids is 1. The summed E-state index contributed by atoms with van der Waals surface area (Å²) in [5.41, 5.74) is 3.08. The van der Waals surface area contributed by atoms with Crippen LogP contribution in [0.1, 0.15) is 35.9 Å². The van der Waals surface area contributed by atoms with Crippen LogP contribution in [0.4, 0.5) is 0 Å². The fourth-order valence-corrected chi connectivity index (χ4v) is 3.54. The van der Waals surface area contributed by atoms with Gasteiger partial charge in [0.2, 0.25) is 17.6 Å². The highest BCUT2D eigenvalue weighted by molar-refractivity contribution is 5.77. The van der Waals surface area contributed by atoms with Crippen LogP contribution in [-0.2, 0) is 17.6 Å². The molecule has 1 N–H and O–H groups in total. The number of methoxy groups -OCH3 is 2. The lowest BCUT2D eigenvalue weighted by atomic mass is 10.1. The number of amides is 1. The molecule has 0 saturated carbocycles. The van der Waals surface area contributed by atoms with Crippen molar-refractivity contribution in [3.63, 3.8) is 0 Å². The van der Waals surface area contributed by atoms with Crippen molar-refractivity contribution < 1.29 is 18.8 Å². The number of rotatable bonds is 7. The third kappa shape index (κ3) is 4.06. The quantitative estimate of drug-likeness (QED) is 0.658. The second-order valence-corrected chi connectivity index (χ2v) is 6.81. The number of aromatic nitrogens is 3. The van der Waals surface area contributed by atoms with Crippen LogP contribution in [0.3, 0.4) is 0 Å². The number of fused-ring (bicyclic) bond motifs is 1. The second kappa shape index (κ2) is 8.30. The lowest BCUT2D eigenvalue weighted by Crippen LogP contribution is -2.27. The van der Waals surface area contributed by atoms with Crippen LogP contribution in [0, 0.1) is 0 Å². The van der Waals surface area contributed by atoms with E-state index in [4.69, 9.17) is 14.0 Å². The third-order valence-corrected chi connectivity index (χ3v) is 5.03. The summed E-state index contributed by atoms with van der Waals surface area (Å²) >= 11 is 0. The molecule has 2 aromatic heterocycles. The van der Waals surface area contributed by atoms with E-state index in [-0.39, 0.29) is 18.4 Å². The molecule has 0 unspecified atom stereocenters. The zero-order chi connectivity index (χ0) is 20.2. The number of hydrogen-bond donors (Lipinski definition) is 1. The minimum atomic E-state index is -0.0544. The molecule has 8 nitrogen and oxygen atoms in total. The Bertz CT molecular complexity index is 1000. The summed E-state index contributed by atoms with van der Waals surface area (Å²) in [5, 5.41) is 7.06. The molecule has 0 spiro atoms. The van der Waals surface area contributed by atoms with Gasteiger partial charge in [-0.1, -0.05) is 5.16 Å². The van der Waals surface area contributed by atoms with Crippen molar-refractivity contribution in [2.75, 3.05) is 14.2 Å². The highest BCUT2D eigenvalue weighted by Gasteiger charge is 2.26. The number of hydrogen-bond acceptors (Lipinski definition) is 7. The maximum Gasteiger partial charge on any atom is 0.227 e. The Morgan fingerprint density at radius 1 is 1.21 bits per heavy atom. The van der Waals surface area contributed by atoms with Crippen molar-refractivity contribution >= 4 is 5.91 Å². The highest BCUT2D eigenvalue weighted by atomic mass is 16.5. The molecule has 3 aromatic rings. The molecule has 2 heterocycles. The Hall–Kier alpha value is -3.42. The molecule has 4 rings (SSSR count). The average molecular weight is 394 g/mol. The molecule has 0 bridgehead atoms. The van der Waals surface area contributed by atoms with Crippen molar-refractivity contribution in [1.29, 1.82) is 0 Å². The number of ether oxygens (including phenoxy) is 2. The van der Waals surface area contributed by atoms with Crippen molar-refractivity contribution in [1.82, 2.24) is 20.4 Å². The van der Waals surface area contributed by atoms with Gasteiger partial charge in [0.05, 0.1) is 20.3 Å². The lowest BCUT2D eigenvalue weighted by molar-refractivity contribution is -0.121. The average Bonchev–Trinajstić information content (AvgIpc) is 3.39. The van der Waals surface area contributed by atoms with E-state index in [9.17, 15) is 4.79 Å². The summed E-state index contributed by atoms with van der Waals surface area (Å²) in [5.74, 6) is 2.25. The largest absolute Gasteiger partial charge is 0.493 e. The van der Waals surface area contributed by atoms with E-state index >= 15 is 0 Å². The summed E-state index contributed by atoms with van der Waals surface area (Å²) in [7, 11) is 3.23. The number of benzene rings is 1. The third-order valence-electron chi connectivity index (χ3n) is 5.03. The Morgan fingerprint density at radius 3 is 2.72 bits per heavy atom. The van der Waals surface area contributed by atoms with Crippen molar-refractivity contribution in [2.45, 2.75) is 31.7 Å². The molecule has 29 heavy (non-hydrogen) atoms. The minimum absolute atomic E-state index is 0.0348. The SMILES string of the molecule is COc1cc2c(cc1OC)[C@@H](NC(=O)CCc1nc(-c3ccncc3)no1)CC2. The predicted molar refractivity (Wildman–Crippen MR) is 105 cm³/mol. The molecule has 150 valence electrons. The first-order valence-corrected chi connectivity index (χ1v) is 9.45. The number of pyridine rings is 1. The highest BCUT2D eigenvalue weighted by Crippen LogP contribution is 2.39. The van der Waals surface area contributed by atoms with Gasteiger partial charge in [0.1, 0.15) is 0 Å². The van der Waals surface area contributed by atoms with Gasteiger partial charge in [-0.15, -0.1) is 0 Å². The molecular weight excluding hydrogens is 372 g/mol. The Kier molecular flexibility index (Phi) is 5.41. The monoisotopic (exact) mass is 394 g/mol. The maximum absolute atomic E-state index is 12.5. The van der Waals surface area contributed by atoms with Crippen molar-refractivity contribution in [3.05, 3.63) is 53.7 Å². The standard InChI is InChI=1S/C21H22N4O4/c1-27-17-11-14-3-4-16(15(14)12-18(17)28-2)23-19(26)5-6-20-24-21(25-29-20)13-7-9-22-10-8-13/h7-12,16H,3-6H2,1-2H3,(H,23,26)/t16-/m0/s1. The van der Waals surface area contributed by atoms with Gasteiger partial charge in [0.25, 0.3) is 0 Å². The zero-order valence-electron chi connectivity index (χ0n) is 16.3. The normalized spacial score (nSPS) is 15.0. The molecule has 1 aliphatic rings. The van der Waals surface area contributed by atoms with Crippen LogP contribution < -0.4 is 14.8 Å². The molecule has 1 aliphatic carbocycles. The van der Waals surface area contributed by atoms with Crippen molar-refractivity contribution in [3.8, 4) is 22.9 Å². The van der Waals surface area contributed by atoms with Crippen LogP contribution >= 0.6 is 0 Å². The zero-order valence-corrected chi connectivity index (χ0v) is 16.3. The predicted octanol–water partition coefficient (Wildman–Crippen LogP) is 2.89. The van der Waals surface area contributed by atoms with Crippen LogP contribution in [0.2, 0.25) is 0 Å². The van der Waals surface area contributed by atoms with Gasteiger partial charge in [-0.05, 0) is 48.2 Å². The van der Waals surface area contributed by atoms with Gasteiger partial charge in [0.15, 0.2) is 11.5 Å². The number of nitrogens with zero attached hydrogens (tertiary/aromatic N) is 3. The van der Waals surface area contributed by atoms with Gasteiger partial charge in [-0.3, -0.25) is 9.78 Å². The van der Waals surface area contributed by atoms with Gasteiger partial charge in [-0.2, -0.15) is 4.98 Å². The smallest absolute Gasteiger partial charge is 0.227 e. The van der Waals surface area contributed by atoms with Gasteiger partial charge in [0, 0.05) is 30.8 Å². The molecule has 1 atom stereocenters. The molecule has 1 amide bonds. The van der Waals surface area contributed by atoms with Crippen LogP contribution in [0.5, 0.6) is 11.5 Å². The lowest BCUT2D eigenvalue weighted by Gasteiger charge is -2.16. The van der Waals surface area contributed by atoms with Crippen LogP contribution in [-0.4, -0.2) is 35.3 Å². The van der Waals surface area contributed by atoms with E-state index in [1.165, 1.54) is 5.56 Å². The number of nitrogens with one attached hydrogen (secondary N) is 1. The van der Waals surface area contributed by atoms with E-state index in [2.05, 4.69) is 20.4 Å². The van der Waals surface area contributed by atoms with E-state index in [0.29, 0.717) is 29.6 Å². The van der Waals surface area contributed by atoms with Gasteiger partial charge >= 0.3 is 0 Å². The molecule has 0 radical (unpaired) electrons. The summed E-state index contributed by atoms with van der Waals surface area (Å²) in [6, 6.07) is 7.52. The molecule has 0 fully saturated rings. The molecule has 8 heteroatoms. The topological polar surface area (TPSA) is 99.4 Å². The van der Waals surface area contributed by atoms with Gasteiger partial charge in [-0.25, -0.2) is 0 Å². The van der Waals surface area contributed by atoms with Crippen LogP contribution in [0.15, 0.2) is 41.2 Å². The van der Waals surface area contributed by atoms with E-state index < -0.39 is 0 Å². The molecule has 0 aliphatic heterocycles. The molecular formula is C21H22N4O4. The molecule has 1 aromatic carbocycles. The number of carbonyl (C=O) groups is 1. The Balaban J connectivity index is 1.36. The summed E-state index contributed by atoms with van der Waals surface area (Å²) in [6.07, 6.45) is 5.74.